The van der Waals surface area contributed by atoms with E-state index in [4.69, 9.17) is 10.8 Å². The molecule has 0 aliphatic heterocycles. The molecule has 0 aromatic carbocycles. The average Bonchev–Trinajstić information content (AvgIpc) is 3.09. The van der Waals surface area contributed by atoms with Crippen LogP contribution in [-0.4, -0.2) is 39.8 Å². The molecule has 0 saturated heterocycles. The second-order valence-electron chi connectivity index (χ2n) is 15.0. The van der Waals surface area contributed by atoms with Crippen LogP contribution in [0.1, 0.15) is 246 Å². The van der Waals surface area contributed by atoms with Gasteiger partial charge in [-0.15, -0.1) is 0 Å². The zero-order chi connectivity index (χ0) is 37.6. The first kappa shape index (κ1) is 50.6. The molecule has 0 aliphatic carbocycles. The molecule has 0 spiro atoms. The Balaban J connectivity index is 0. The Morgan fingerprint density at radius 1 is 0.500 bits per heavy atom. The first-order valence-electron chi connectivity index (χ1n) is 21.6. The minimum absolute atomic E-state index is 0.0276. The number of carbonyl (C=O) groups excluding carboxylic acids is 2. The van der Waals surface area contributed by atoms with Crippen molar-refractivity contribution in [3.8, 4) is 0 Å². The van der Waals surface area contributed by atoms with Gasteiger partial charge >= 0.3 is 17.9 Å². The van der Waals surface area contributed by atoms with Crippen LogP contribution in [0.3, 0.4) is 0 Å². The summed E-state index contributed by atoms with van der Waals surface area (Å²) < 4.78 is 4.66. The number of hydrogen-bond donors (Lipinski definition) is 3. The van der Waals surface area contributed by atoms with Gasteiger partial charge in [0.05, 0.1) is 5.60 Å². The van der Waals surface area contributed by atoms with E-state index in [1.54, 1.807) is 0 Å². The summed E-state index contributed by atoms with van der Waals surface area (Å²) in [7, 11) is 0. The summed E-state index contributed by atoms with van der Waals surface area (Å²) in [6.45, 7) is 9.03. The number of ether oxygens (including phenoxy) is 1. The Bertz CT molecular complexity index is 746. The normalized spacial score (nSPS) is 12.0. The van der Waals surface area contributed by atoms with Gasteiger partial charge in [-0.2, -0.15) is 0 Å². The van der Waals surface area contributed by atoms with E-state index in [0.717, 1.165) is 32.1 Å². The highest BCUT2D eigenvalue weighted by Crippen LogP contribution is 2.29. The van der Waals surface area contributed by atoms with Crippen LogP contribution < -0.4 is 5.73 Å². The van der Waals surface area contributed by atoms with Gasteiger partial charge in [0.15, 0.2) is 0 Å². The lowest BCUT2D eigenvalue weighted by Gasteiger charge is -2.28. The van der Waals surface area contributed by atoms with Gasteiger partial charge < -0.3 is 20.7 Å². The van der Waals surface area contributed by atoms with Crippen molar-refractivity contribution < 1.29 is 29.3 Å². The Hall–Kier alpha value is -1.47. The first-order chi connectivity index (χ1) is 24.2. The van der Waals surface area contributed by atoms with Gasteiger partial charge in [-0.3, -0.25) is 9.59 Å². The molecule has 0 aromatic heterocycles. The highest BCUT2D eigenvalue weighted by Gasteiger charge is 2.25. The number of carboxylic acids is 1. The third-order valence-corrected chi connectivity index (χ3v) is 9.91. The fourth-order valence-corrected chi connectivity index (χ4v) is 6.47. The van der Waals surface area contributed by atoms with Crippen LogP contribution in [0.25, 0.3) is 0 Å². The minimum Gasteiger partial charge on any atom is -0.481 e. The van der Waals surface area contributed by atoms with Crippen molar-refractivity contribution in [2.45, 2.75) is 258 Å². The van der Waals surface area contributed by atoms with Crippen molar-refractivity contribution in [1.82, 2.24) is 0 Å². The average molecular weight is 712 g/mol. The molecule has 298 valence electrons. The monoisotopic (exact) mass is 712 g/mol. The minimum atomic E-state index is -1.06. The summed E-state index contributed by atoms with van der Waals surface area (Å²) in [6, 6.07) is -1.06. The summed E-state index contributed by atoms with van der Waals surface area (Å²) in [5, 5.41) is 19.6. The Kier molecular flexibility index (Phi) is 39.2. The van der Waals surface area contributed by atoms with E-state index in [9.17, 15) is 19.5 Å². The van der Waals surface area contributed by atoms with E-state index < -0.39 is 23.9 Å². The zero-order valence-corrected chi connectivity index (χ0v) is 33.7. The third kappa shape index (κ3) is 37.8. The van der Waals surface area contributed by atoms with E-state index in [1.807, 2.05) is 0 Å². The number of aliphatic carboxylic acids is 1. The van der Waals surface area contributed by atoms with Gasteiger partial charge in [0.2, 0.25) is 0 Å². The molecule has 0 aliphatic rings. The zero-order valence-electron chi connectivity index (χ0n) is 33.7. The predicted octanol–water partition coefficient (Wildman–Crippen LogP) is 12.5. The molecule has 0 amide bonds. The molecule has 50 heavy (non-hydrogen) atoms. The molecular weight excluding hydrogens is 626 g/mol. The lowest BCUT2D eigenvalue weighted by Crippen LogP contribution is -2.34. The molecule has 1 atom stereocenters. The molecular formula is C43H85NO6. The number of unbranched alkanes of at least 4 members (excludes halogenated alkanes) is 24. The first-order valence-corrected chi connectivity index (χ1v) is 21.6. The molecule has 0 saturated carbocycles. The smallest absolute Gasteiger partial charge is 0.330 e. The van der Waals surface area contributed by atoms with Crippen LogP contribution in [0, 0.1) is 0 Å². The number of carboxylic acid groups (broad SMARTS) is 1. The van der Waals surface area contributed by atoms with Gasteiger partial charge in [-0.1, -0.05) is 201 Å². The van der Waals surface area contributed by atoms with Gasteiger partial charge in [-0.25, -0.2) is 4.79 Å². The number of hydrogen-bond acceptors (Lipinski definition) is 6. The summed E-state index contributed by atoms with van der Waals surface area (Å²) in [5.74, 6) is -2.44. The third-order valence-electron chi connectivity index (χ3n) is 9.91. The predicted molar refractivity (Wildman–Crippen MR) is 211 cm³/mol. The molecule has 0 bridgehead atoms. The largest absolute Gasteiger partial charge is 0.481 e. The molecule has 0 heterocycles. The van der Waals surface area contributed by atoms with E-state index in [2.05, 4.69) is 32.4 Å². The van der Waals surface area contributed by atoms with Crippen LogP contribution in [0.5, 0.6) is 0 Å². The van der Waals surface area contributed by atoms with Crippen LogP contribution in [0.15, 0.2) is 0 Å². The molecule has 4 N–H and O–H groups in total. The van der Waals surface area contributed by atoms with Crippen molar-refractivity contribution in [3.63, 3.8) is 0 Å². The topological polar surface area (TPSA) is 127 Å². The lowest BCUT2D eigenvalue weighted by molar-refractivity contribution is -0.160. The fraction of sp³-hybridized carbons (Fsp3) is 0.930. The summed E-state index contributed by atoms with van der Waals surface area (Å²) in [6.07, 6.45) is 38.6. The molecule has 7 heteroatoms. The fourth-order valence-electron chi connectivity index (χ4n) is 6.47. The van der Waals surface area contributed by atoms with E-state index in [1.165, 1.54) is 161 Å². The molecule has 7 nitrogen and oxygen atoms in total. The molecule has 1 unspecified atom stereocenters. The van der Waals surface area contributed by atoms with Gasteiger partial charge in [0.1, 0.15) is 6.04 Å². The van der Waals surface area contributed by atoms with Crippen LogP contribution in [0.4, 0.5) is 0 Å². The van der Waals surface area contributed by atoms with Gasteiger partial charge in [0, 0.05) is 12.8 Å². The molecule has 0 radical (unpaired) electrons. The van der Waals surface area contributed by atoms with Crippen molar-refractivity contribution in [2.24, 2.45) is 5.73 Å². The molecule has 0 rings (SSSR count). The molecule has 0 aromatic rings. The quantitative estimate of drug-likeness (QED) is 0.0335. The summed E-state index contributed by atoms with van der Waals surface area (Å²) in [5.41, 5.74) is 5.14. The second-order valence-corrected chi connectivity index (χ2v) is 15.0. The lowest BCUT2D eigenvalue weighted by atomic mass is 9.85. The second kappa shape index (κ2) is 38.8. The van der Waals surface area contributed by atoms with E-state index in [0.29, 0.717) is 6.42 Å². The SMILES string of the molecule is CCCCCCCCCC(O)(CCCCCC)CCCCCC.CCCCCCCCCCCCCCCC(=O)OC(=O)C(N)CCC(=O)O. The number of rotatable bonds is 36. The maximum atomic E-state index is 11.6. The summed E-state index contributed by atoms with van der Waals surface area (Å²) in [4.78, 5) is 33.5. The molecule has 0 fully saturated rings. The van der Waals surface area contributed by atoms with Crippen molar-refractivity contribution >= 4 is 17.9 Å². The van der Waals surface area contributed by atoms with E-state index >= 15 is 0 Å². The standard InChI is InChI=1S/C22H46O.C21H39NO5/c1-4-7-10-13-14-15-18-21-22(23,19-16-11-8-5-2)20-17-12-9-6-3;1-2-3-4-5-6-7-8-9-10-11-12-13-14-15-20(25)27-21(26)18(22)16-17-19(23)24/h23H,4-21H2,1-3H3;18H,2-17,22H2,1H3,(H,23,24). The van der Waals surface area contributed by atoms with Crippen LogP contribution >= 0.6 is 0 Å². The van der Waals surface area contributed by atoms with Gasteiger partial charge in [0.25, 0.3) is 0 Å². The van der Waals surface area contributed by atoms with Crippen molar-refractivity contribution in [3.05, 3.63) is 0 Å². The maximum Gasteiger partial charge on any atom is 0.330 e. The van der Waals surface area contributed by atoms with Gasteiger partial charge in [-0.05, 0) is 32.1 Å². The number of carbonyl (C=O) groups is 3. The van der Waals surface area contributed by atoms with E-state index in [-0.39, 0.29) is 24.9 Å². The Morgan fingerprint density at radius 3 is 1.14 bits per heavy atom. The highest BCUT2D eigenvalue weighted by molar-refractivity contribution is 5.88. The summed E-state index contributed by atoms with van der Waals surface area (Å²) >= 11 is 0. The van der Waals surface area contributed by atoms with Crippen molar-refractivity contribution in [1.29, 1.82) is 0 Å². The Labute approximate surface area is 310 Å². The number of nitrogens with two attached hydrogens (primary N) is 1. The highest BCUT2D eigenvalue weighted by atomic mass is 16.6. The number of esters is 2. The van der Waals surface area contributed by atoms with Crippen LogP contribution in [-0.2, 0) is 19.1 Å². The van der Waals surface area contributed by atoms with Crippen LogP contribution in [0.2, 0.25) is 0 Å². The number of aliphatic hydroxyl groups is 1. The van der Waals surface area contributed by atoms with Crippen molar-refractivity contribution in [2.75, 3.05) is 0 Å². The maximum absolute atomic E-state index is 11.6. The Morgan fingerprint density at radius 2 is 0.800 bits per heavy atom.